The number of benzene rings is 1. The average Bonchev–Trinajstić information content (AvgIpc) is 2.37. The highest BCUT2D eigenvalue weighted by atomic mass is 35.5. The second-order valence-electron chi connectivity index (χ2n) is 3.99. The third-order valence-electron chi connectivity index (χ3n) is 2.58. The van der Waals surface area contributed by atoms with E-state index in [9.17, 15) is 4.39 Å². The summed E-state index contributed by atoms with van der Waals surface area (Å²) in [4.78, 5) is 8.12. The number of halogens is 3. The van der Waals surface area contributed by atoms with Crippen molar-refractivity contribution >= 4 is 34.7 Å². The molecule has 0 saturated carbocycles. The number of anilines is 2. The molecule has 0 fully saturated rings. The van der Waals surface area contributed by atoms with E-state index in [-0.39, 0.29) is 10.8 Å². The van der Waals surface area contributed by atoms with Gasteiger partial charge in [0, 0.05) is 5.56 Å². The summed E-state index contributed by atoms with van der Waals surface area (Å²) >= 11 is 12.0. The van der Waals surface area contributed by atoms with Crippen molar-refractivity contribution in [1.82, 2.24) is 9.97 Å². The first-order valence-electron chi connectivity index (χ1n) is 5.83. The molecule has 0 radical (unpaired) electrons. The molecule has 3 nitrogen and oxygen atoms in total. The van der Waals surface area contributed by atoms with Gasteiger partial charge >= 0.3 is 0 Å². The lowest BCUT2D eigenvalue weighted by molar-refractivity contribution is 0.628. The molecule has 0 spiro atoms. The second kappa shape index (κ2) is 6.17. The van der Waals surface area contributed by atoms with Crippen LogP contribution >= 0.6 is 23.2 Å². The minimum Gasteiger partial charge on any atom is -0.339 e. The number of hydrogen-bond donors (Lipinski definition) is 1. The van der Waals surface area contributed by atoms with Crippen LogP contribution in [-0.2, 0) is 6.42 Å². The van der Waals surface area contributed by atoms with Crippen molar-refractivity contribution in [1.29, 1.82) is 0 Å². The van der Waals surface area contributed by atoms with Gasteiger partial charge in [0.25, 0.3) is 0 Å². The van der Waals surface area contributed by atoms with Gasteiger partial charge in [-0.25, -0.2) is 14.4 Å². The van der Waals surface area contributed by atoms with Gasteiger partial charge in [-0.05, 0) is 24.6 Å². The Morgan fingerprint density at radius 1 is 1.26 bits per heavy atom. The normalized spacial score (nSPS) is 10.5. The third kappa shape index (κ3) is 3.33. The first-order valence-corrected chi connectivity index (χ1v) is 6.59. The van der Waals surface area contributed by atoms with Crippen molar-refractivity contribution in [3.8, 4) is 0 Å². The molecule has 2 aromatic rings. The highest BCUT2D eigenvalue weighted by Crippen LogP contribution is 2.29. The molecule has 19 heavy (non-hydrogen) atoms. The van der Waals surface area contributed by atoms with Gasteiger partial charge in [0.05, 0.1) is 10.7 Å². The van der Waals surface area contributed by atoms with E-state index in [2.05, 4.69) is 15.3 Å². The molecule has 0 amide bonds. The molecular weight excluding hydrogens is 288 g/mol. The lowest BCUT2D eigenvalue weighted by Crippen LogP contribution is -2.02. The van der Waals surface area contributed by atoms with Gasteiger partial charge in [0.2, 0.25) is 0 Å². The van der Waals surface area contributed by atoms with Crippen LogP contribution in [0.5, 0.6) is 0 Å². The Bertz CT molecular complexity index is 590. The lowest BCUT2D eigenvalue weighted by Gasteiger charge is -2.12. The van der Waals surface area contributed by atoms with Crippen molar-refractivity contribution in [3.05, 3.63) is 46.1 Å². The molecule has 1 N–H and O–H groups in total. The SMILES string of the molecule is CCCc1c(Cl)ncnc1Nc1ccc(F)cc1Cl. The fourth-order valence-electron chi connectivity index (χ4n) is 1.69. The van der Waals surface area contributed by atoms with E-state index >= 15 is 0 Å². The Labute approximate surface area is 120 Å². The smallest absolute Gasteiger partial charge is 0.138 e. The van der Waals surface area contributed by atoms with Crippen molar-refractivity contribution in [2.24, 2.45) is 0 Å². The molecule has 1 heterocycles. The number of hydrogen-bond acceptors (Lipinski definition) is 3. The van der Waals surface area contributed by atoms with E-state index in [1.165, 1.54) is 18.5 Å². The fraction of sp³-hybridized carbons (Fsp3) is 0.231. The van der Waals surface area contributed by atoms with E-state index in [0.29, 0.717) is 16.7 Å². The van der Waals surface area contributed by atoms with Crippen LogP contribution in [-0.4, -0.2) is 9.97 Å². The topological polar surface area (TPSA) is 37.8 Å². The zero-order chi connectivity index (χ0) is 13.8. The van der Waals surface area contributed by atoms with Crippen LogP contribution in [0.15, 0.2) is 24.5 Å². The second-order valence-corrected chi connectivity index (χ2v) is 4.76. The number of rotatable bonds is 4. The summed E-state index contributed by atoms with van der Waals surface area (Å²) < 4.78 is 13.0. The van der Waals surface area contributed by atoms with E-state index in [0.717, 1.165) is 18.4 Å². The summed E-state index contributed by atoms with van der Waals surface area (Å²) in [5.41, 5.74) is 1.40. The molecule has 0 unspecified atom stereocenters. The molecule has 0 aliphatic heterocycles. The molecule has 2 rings (SSSR count). The molecule has 0 atom stereocenters. The van der Waals surface area contributed by atoms with E-state index < -0.39 is 0 Å². The van der Waals surface area contributed by atoms with Crippen molar-refractivity contribution < 1.29 is 4.39 Å². The Morgan fingerprint density at radius 3 is 2.74 bits per heavy atom. The monoisotopic (exact) mass is 299 g/mol. The van der Waals surface area contributed by atoms with Gasteiger partial charge in [0.1, 0.15) is 23.1 Å². The van der Waals surface area contributed by atoms with Crippen LogP contribution < -0.4 is 5.32 Å². The number of nitrogens with zero attached hydrogens (tertiary/aromatic N) is 2. The largest absolute Gasteiger partial charge is 0.339 e. The Kier molecular flexibility index (Phi) is 4.56. The molecule has 1 aromatic carbocycles. The maximum atomic E-state index is 13.0. The zero-order valence-electron chi connectivity index (χ0n) is 10.3. The van der Waals surface area contributed by atoms with Crippen LogP contribution in [0.4, 0.5) is 15.9 Å². The number of aromatic nitrogens is 2. The van der Waals surface area contributed by atoms with Gasteiger partial charge in [-0.15, -0.1) is 0 Å². The quantitative estimate of drug-likeness (QED) is 0.837. The summed E-state index contributed by atoms with van der Waals surface area (Å²) in [5.74, 6) is 0.209. The van der Waals surface area contributed by atoms with Crippen molar-refractivity contribution in [2.45, 2.75) is 19.8 Å². The molecule has 0 bridgehead atoms. The highest BCUT2D eigenvalue weighted by molar-refractivity contribution is 6.33. The lowest BCUT2D eigenvalue weighted by atomic mass is 10.2. The van der Waals surface area contributed by atoms with Gasteiger partial charge in [-0.3, -0.25) is 0 Å². The predicted octanol–water partition coefficient (Wildman–Crippen LogP) is 4.62. The van der Waals surface area contributed by atoms with Crippen molar-refractivity contribution in [3.63, 3.8) is 0 Å². The van der Waals surface area contributed by atoms with Crippen LogP contribution in [0.25, 0.3) is 0 Å². The highest BCUT2D eigenvalue weighted by Gasteiger charge is 2.11. The van der Waals surface area contributed by atoms with E-state index in [1.807, 2.05) is 6.92 Å². The van der Waals surface area contributed by atoms with Crippen LogP contribution in [0.2, 0.25) is 10.2 Å². The molecule has 0 saturated heterocycles. The summed E-state index contributed by atoms with van der Waals surface area (Å²) in [6, 6.07) is 4.13. The Morgan fingerprint density at radius 2 is 2.05 bits per heavy atom. The minimum atomic E-state index is -0.384. The molecule has 1 aromatic heterocycles. The molecule has 100 valence electrons. The summed E-state index contributed by atoms with van der Waals surface area (Å²) in [5, 5.41) is 3.76. The average molecular weight is 300 g/mol. The summed E-state index contributed by atoms with van der Waals surface area (Å²) in [6.07, 6.45) is 3.04. The molecular formula is C13H12Cl2FN3. The zero-order valence-corrected chi connectivity index (χ0v) is 11.8. The van der Waals surface area contributed by atoms with Gasteiger partial charge in [-0.2, -0.15) is 0 Å². The molecule has 0 aliphatic carbocycles. The summed E-state index contributed by atoms with van der Waals surface area (Å²) in [7, 11) is 0. The van der Waals surface area contributed by atoms with Gasteiger partial charge < -0.3 is 5.32 Å². The Balaban J connectivity index is 2.35. The molecule has 0 aliphatic rings. The predicted molar refractivity (Wildman–Crippen MR) is 75.7 cm³/mol. The Hall–Kier alpha value is -1.39. The van der Waals surface area contributed by atoms with Crippen LogP contribution in [0, 0.1) is 5.82 Å². The van der Waals surface area contributed by atoms with E-state index in [1.54, 1.807) is 6.07 Å². The van der Waals surface area contributed by atoms with E-state index in [4.69, 9.17) is 23.2 Å². The standard InChI is InChI=1S/C13H12Cl2FN3/c1-2-3-9-12(15)17-7-18-13(9)19-11-5-4-8(16)6-10(11)14/h4-7H,2-3H2,1H3,(H,17,18,19). The number of nitrogens with one attached hydrogen (secondary N) is 1. The van der Waals surface area contributed by atoms with Crippen LogP contribution in [0.1, 0.15) is 18.9 Å². The van der Waals surface area contributed by atoms with Crippen molar-refractivity contribution in [2.75, 3.05) is 5.32 Å². The maximum Gasteiger partial charge on any atom is 0.138 e. The molecule has 6 heteroatoms. The minimum absolute atomic E-state index is 0.289. The van der Waals surface area contributed by atoms with Gasteiger partial charge in [0.15, 0.2) is 0 Å². The van der Waals surface area contributed by atoms with Gasteiger partial charge in [-0.1, -0.05) is 36.5 Å². The summed E-state index contributed by atoms with van der Waals surface area (Å²) in [6.45, 7) is 2.04. The van der Waals surface area contributed by atoms with Crippen LogP contribution in [0.3, 0.4) is 0 Å². The third-order valence-corrected chi connectivity index (χ3v) is 3.22. The maximum absolute atomic E-state index is 13.0. The first kappa shape index (κ1) is 14.0. The fourth-order valence-corrected chi connectivity index (χ4v) is 2.13. The first-order chi connectivity index (χ1) is 9.11.